The van der Waals surface area contributed by atoms with Crippen LogP contribution in [0, 0.1) is 0 Å². The zero-order valence-corrected chi connectivity index (χ0v) is 14.2. The fraction of sp³-hybridized carbons (Fsp3) is 0.0625. The third-order valence-corrected chi connectivity index (χ3v) is 4.18. The molecular weight excluding hydrogens is 348 g/mol. The Morgan fingerprint density at radius 2 is 1.96 bits per heavy atom. The molecule has 0 radical (unpaired) electrons. The zero-order chi connectivity index (χ0) is 16.9. The van der Waals surface area contributed by atoms with Crippen molar-refractivity contribution in [2.75, 3.05) is 17.7 Å². The zero-order valence-electron chi connectivity index (χ0n) is 12.6. The van der Waals surface area contributed by atoms with Crippen molar-refractivity contribution in [3.8, 4) is 5.75 Å². The van der Waals surface area contributed by atoms with Crippen LogP contribution in [0.25, 0.3) is 0 Å². The summed E-state index contributed by atoms with van der Waals surface area (Å²) in [6.07, 6.45) is 0. The summed E-state index contributed by atoms with van der Waals surface area (Å²) in [6.45, 7) is 0. The predicted octanol–water partition coefficient (Wildman–Crippen LogP) is 4.20. The number of carbonyl (C=O) groups is 1. The van der Waals surface area contributed by atoms with Gasteiger partial charge in [0.2, 0.25) is 0 Å². The number of nitrogens with zero attached hydrogens (tertiary/aromatic N) is 2. The van der Waals surface area contributed by atoms with E-state index >= 15 is 0 Å². The van der Waals surface area contributed by atoms with Crippen molar-refractivity contribution in [3.63, 3.8) is 0 Å². The van der Waals surface area contributed by atoms with Crippen LogP contribution in [0.3, 0.4) is 0 Å². The molecule has 8 heteroatoms. The van der Waals surface area contributed by atoms with Gasteiger partial charge in [0.05, 0.1) is 17.7 Å². The van der Waals surface area contributed by atoms with Crippen LogP contribution < -0.4 is 15.4 Å². The molecule has 0 aliphatic heterocycles. The summed E-state index contributed by atoms with van der Waals surface area (Å²) in [7, 11) is 1.57. The van der Waals surface area contributed by atoms with E-state index in [0.717, 1.165) is 0 Å². The van der Waals surface area contributed by atoms with Gasteiger partial charge in [-0.1, -0.05) is 17.7 Å². The Balaban J connectivity index is 1.71. The monoisotopic (exact) mass is 360 g/mol. The molecule has 122 valence electrons. The number of anilines is 3. The first-order chi connectivity index (χ1) is 11.7. The molecule has 0 unspecified atom stereocenters. The highest BCUT2D eigenvalue weighted by atomic mass is 35.5. The Morgan fingerprint density at radius 3 is 2.62 bits per heavy atom. The second kappa shape index (κ2) is 7.29. The van der Waals surface area contributed by atoms with Gasteiger partial charge in [0.25, 0.3) is 5.91 Å². The van der Waals surface area contributed by atoms with Crippen molar-refractivity contribution < 1.29 is 9.53 Å². The molecule has 2 aromatic heterocycles. The van der Waals surface area contributed by atoms with Crippen LogP contribution in [0.1, 0.15) is 9.67 Å². The number of carbonyl (C=O) groups excluding carboxylic acids is 1. The largest absolute Gasteiger partial charge is 0.495 e. The van der Waals surface area contributed by atoms with Crippen LogP contribution in [0.2, 0.25) is 5.02 Å². The number of thiophene rings is 1. The Kier molecular flexibility index (Phi) is 4.93. The van der Waals surface area contributed by atoms with Gasteiger partial charge in [0.1, 0.15) is 5.75 Å². The maximum atomic E-state index is 12.0. The Hall–Kier alpha value is -2.64. The van der Waals surface area contributed by atoms with Crippen LogP contribution in [-0.4, -0.2) is 23.2 Å². The van der Waals surface area contributed by atoms with E-state index in [1.54, 1.807) is 43.5 Å². The van der Waals surface area contributed by atoms with Gasteiger partial charge in [-0.15, -0.1) is 21.5 Å². The molecule has 24 heavy (non-hydrogen) atoms. The lowest BCUT2D eigenvalue weighted by Gasteiger charge is -2.10. The van der Waals surface area contributed by atoms with E-state index in [9.17, 15) is 4.79 Å². The molecule has 1 aromatic carbocycles. The normalized spacial score (nSPS) is 10.2. The van der Waals surface area contributed by atoms with E-state index < -0.39 is 0 Å². The Morgan fingerprint density at radius 1 is 1.17 bits per heavy atom. The predicted molar refractivity (Wildman–Crippen MR) is 95.6 cm³/mol. The van der Waals surface area contributed by atoms with E-state index in [4.69, 9.17) is 16.3 Å². The molecule has 0 bridgehead atoms. The van der Waals surface area contributed by atoms with Gasteiger partial charge in [0, 0.05) is 5.02 Å². The molecule has 1 amide bonds. The molecule has 6 nitrogen and oxygen atoms in total. The second-order valence-corrected chi connectivity index (χ2v) is 6.09. The smallest absolute Gasteiger partial charge is 0.266 e. The summed E-state index contributed by atoms with van der Waals surface area (Å²) in [6, 6.07) is 12.2. The fourth-order valence-corrected chi connectivity index (χ4v) is 2.76. The first-order valence-electron chi connectivity index (χ1n) is 6.95. The lowest BCUT2D eigenvalue weighted by atomic mass is 10.3. The number of hydrogen-bond donors (Lipinski definition) is 2. The summed E-state index contributed by atoms with van der Waals surface area (Å²) >= 11 is 7.35. The van der Waals surface area contributed by atoms with E-state index in [1.807, 2.05) is 11.4 Å². The Labute approximate surface area is 147 Å². The highest BCUT2D eigenvalue weighted by Crippen LogP contribution is 2.29. The van der Waals surface area contributed by atoms with E-state index in [1.165, 1.54) is 11.3 Å². The van der Waals surface area contributed by atoms with Crippen molar-refractivity contribution in [1.29, 1.82) is 0 Å². The lowest BCUT2D eigenvalue weighted by Crippen LogP contribution is -2.12. The molecule has 0 spiro atoms. The summed E-state index contributed by atoms with van der Waals surface area (Å²) in [5, 5.41) is 16.2. The maximum Gasteiger partial charge on any atom is 0.266 e. The third-order valence-electron chi connectivity index (χ3n) is 3.08. The molecule has 0 aliphatic rings. The molecule has 0 fully saturated rings. The first-order valence-corrected chi connectivity index (χ1v) is 8.20. The summed E-state index contributed by atoms with van der Waals surface area (Å²) in [4.78, 5) is 12.6. The number of benzene rings is 1. The minimum Gasteiger partial charge on any atom is -0.495 e. The number of methoxy groups -OCH3 is 1. The average molecular weight is 361 g/mol. The molecule has 0 aliphatic carbocycles. The molecule has 0 atom stereocenters. The van der Waals surface area contributed by atoms with Gasteiger partial charge >= 0.3 is 0 Å². The quantitative estimate of drug-likeness (QED) is 0.713. The second-order valence-electron chi connectivity index (χ2n) is 4.70. The highest BCUT2D eigenvalue weighted by molar-refractivity contribution is 7.12. The van der Waals surface area contributed by atoms with E-state index in [0.29, 0.717) is 33.0 Å². The van der Waals surface area contributed by atoms with Crippen molar-refractivity contribution in [2.24, 2.45) is 0 Å². The fourth-order valence-electron chi connectivity index (χ4n) is 1.97. The number of rotatable bonds is 5. The summed E-state index contributed by atoms with van der Waals surface area (Å²) < 4.78 is 5.27. The average Bonchev–Trinajstić information content (AvgIpc) is 3.11. The number of ether oxygens (including phenoxy) is 1. The number of nitrogens with one attached hydrogen (secondary N) is 2. The van der Waals surface area contributed by atoms with Crippen molar-refractivity contribution in [1.82, 2.24) is 10.2 Å². The van der Waals surface area contributed by atoms with Crippen LogP contribution in [0.5, 0.6) is 5.75 Å². The van der Waals surface area contributed by atoms with Gasteiger partial charge < -0.3 is 15.4 Å². The molecular formula is C16H13ClN4O2S. The van der Waals surface area contributed by atoms with E-state index in [-0.39, 0.29) is 5.91 Å². The minimum absolute atomic E-state index is 0.212. The Bertz CT molecular complexity index is 838. The van der Waals surface area contributed by atoms with Crippen LogP contribution in [0.15, 0.2) is 47.8 Å². The van der Waals surface area contributed by atoms with Crippen LogP contribution >= 0.6 is 22.9 Å². The SMILES string of the molecule is COc1ccc(Cl)cc1Nc1ccc(NC(=O)c2cccs2)nn1. The van der Waals surface area contributed by atoms with Crippen LogP contribution in [0.4, 0.5) is 17.3 Å². The van der Waals surface area contributed by atoms with Gasteiger partial charge in [-0.2, -0.15) is 0 Å². The highest BCUT2D eigenvalue weighted by Gasteiger charge is 2.09. The topological polar surface area (TPSA) is 76.1 Å². The number of aromatic nitrogens is 2. The van der Waals surface area contributed by atoms with Gasteiger partial charge in [-0.3, -0.25) is 4.79 Å². The van der Waals surface area contributed by atoms with Gasteiger partial charge in [0.15, 0.2) is 11.6 Å². The van der Waals surface area contributed by atoms with Crippen molar-refractivity contribution >= 4 is 46.2 Å². The third kappa shape index (κ3) is 3.81. The molecule has 3 aromatic rings. The number of amides is 1. The van der Waals surface area contributed by atoms with Crippen LogP contribution in [-0.2, 0) is 0 Å². The molecule has 0 saturated heterocycles. The lowest BCUT2D eigenvalue weighted by molar-refractivity contribution is 0.103. The minimum atomic E-state index is -0.212. The standard InChI is InChI=1S/C16H13ClN4O2S/c1-23-12-5-4-10(17)9-11(12)18-14-6-7-15(21-20-14)19-16(22)13-3-2-8-24-13/h2-9H,1H3,(H,18,20)(H,19,21,22). The summed E-state index contributed by atoms with van der Waals surface area (Å²) in [5.74, 6) is 1.30. The molecule has 2 N–H and O–H groups in total. The van der Waals surface area contributed by atoms with Crippen molar-refractivity contribution in [3.05, 3.63) is 57.7 Å². The van der Waals surface area contributed by atoms with Gasteiger partial charge in [-0.25, -0.2) is 0 Å². The van der Waals surface area contributed by atoms with E-state index in [2.05, 4.69) is 20.8 Å². The number of halogens is 1. The molecule has 3 rings (SSSR count). The van der Waals surface area contributed by atoms with Gasteiger partial charge in [-0.05, 0) is 41.8 Å². The number of hydrogen-bond acceptors (Lipinski definition) is 6. The summed E-state index contributed by atoms with van der Waals surface area (Å²) in [5.41, 5.74) is 0.676. The molecule has 0 saturated carbocycles. The first kappa shape index (κ1) is 16.2. The maximum absolute atomic E-state index is 12.0. The van der Waals surface area contributed by atoms with Crippen molar-refractivity contribution in [2.45, 2.75) is 0 Å². The molecule has 2 heterocycles.